The molecule has 1 aliphatic rings. The summed E-state index contributed by atoms with van der Waals surface area (Å²) >= 11 is 0. The highest BCUT2D eigenvalue weighted by molar-refractivity contribution is 5.76. The van der Waals surface area contributed by atoms with Gasteiger partial charge in [0.15, 0.2) is 11.2 Å². The molecule has 0 bridgehead atoms. The Morgan fingerprint density at radius 2 is 1.86 bits per heavy atom. The minimum atomic E-state index is -0.415. The highest BCUT2D eigenvalue weighted by Gasteiger charge is 2.24. The number of aromatic nitrogens is 4. The smallest absolute Gasteiger partial charge is 0.337 e. The van der Waals surface area contributed by atoms with Gasteiger partial charge in [-0.05, 0) is 19.1 Å². The summed E-state index contributed by atoms with van der Waals surface area (Å²) < 4.78 is 4.46. The predicted octanol–water partition coefficient (Wildman–Crippen LogP) is 0.319. The largest absolute Gasteiger partial charge is 0.340 e. The quantitative estimate of drug-likeness (QED) is 0.664. The van der Waals surface area contributed by atoms with Gasteiger partial charge >= 0.3 is 5.69 Å². The third-order valence-corrected chi connectivity index (χ3v) is 4.95. The van der Waals surface area contributed by atoms with Gasteiger partial charge in [-0.1, -0.05) is 24.1 Å². The van der Waals surface area contributed by atoms with E-state index in [2.05, 4.69) is 22.1 Å². The minimum absolute atomic E-state index is 0.342. The molecule has 3 aromatic rings. The van der Waals surface area contributed by atoms with E-state index in [-0.39, 0.29) is 5.56 Å². The normalized spacial score (nSPS) is 14.1. The lowest BCUT2D eigenvalue weighted by Gasteiger charge is -2.28. The second kappa shape index (κ2) is 7.37. The number of para-hydroxylation sites is 1. The van der Waals surface area contributed by atoms with Crippen molar-refractivity contribution >= 4 is 17.1 Å². The second-order valence-electron chi connectivity index (χ2n) is 6.65. The molecule has 4 rings (SSSR count). The molecule has 28 heavy (non-hydrogen) atoms. The Hall–Kier alpha value is -3.31. The number of piperazine rings is 1. The first-order chi connectivity index (χ1) is 13.6. The van der Waals surface area contributed by atoms with Crippen LogP contribution in [0.3, 0.4) is 0 Å². The molecule has 0 amide bonds. The molecule has 2 aromatic heterocycles. The lowest BCUT2D eigenvalue weighted by atomic mass is 10.3. The molecular weight excluding hydrogens is 356 g/mol. The lowest BCUT2D eigenvalue weighted by molar-refractivity contribution is 0.573. The summed E-state index contributed by atoms with van der Waals surface area (Å²) in [7, 11) is 1.50. The number of fused-ring (bicyclic) bond motifs is 1. The monoisotopic (exact) mass is 378 g/mol. The van der Waals surface area contributed by atoms with Crippen LogP contribution in [0.2, 0.25) is 0 Å². The maximum absolute atomic E-state index is 13.0. The molecule has 0 radical (unpaired) electrons. The number of nitrogens with one attached hydrogen (secondary N) is 1. The van der Waals surface area contributed by atoms with E-state index in [1.807, 2.05) is 34.9 Å². The Balaban J connectivity index is 2.08. The molecular formula is C20H22N6O2. The van der Waals surface area contributed by atoms with Crippen LogP contribution in [-0.2, 0) is 13.6 Å². The Labute approximate surface area is 162 Å². The van der Waals surface area contributed by atoms with Gasteiger partial charge in [-0.2, -0.15) is 4.98 Å². The standard InChI is InChI=1S/C20H22N6O2/c1-3-4-12-25-16-17(22-19(25)24-13-10-21-11-14-24)26(15-8-6-5-7-9-15)20(28)23(2)18(16)27/h5-9,21H,10-14H2,1-2H3. The second-order valence-corrected chi connectivity index (χ2v) is 6.65. The van der Waals surface area contributed by atoms with E-state index < -0.39 is 5.69 Å². The van der Waals surface area contributed by atoms with Crippen LogP contribution in [0, 0.1) is 11.8 Å². The van der Waals surface area contributed by atoms with Gasteiger partial charge < -0.3 is 10.2 Å². The van der Waals surface area contributed by atoms with Gasteiger partial charge in [-0.15, -0.1) is 5.92 Å². The molecule has 8 nitrogen and oxygen atoms in total. The van der Waals surface area contributed by atoms with Crippen molar-refractivity contribution in [2.24, 2.45) is 7.05 Å². The zero-order valence-corrected chi connectivity index (χ0v) is 16.0. The zero-order chi connectivity index (χ0) is 19.7. The number of hydrogen-bond acceptors (Lipinski definition) is 5. The van der Waals surface area contributed by atoms with Crippen LogP contribution >= 0.6 is 0 Å². The Morgan fingerprint density at radius 3 is 2.54 bits per heavy atom. The molecule has 0 unspecified atom stereocenters. The molecule has 144 valence electrons. The van der Waals surface area contributed by atoms with Crippen LogP contribution in [0.4, 0.5) is 5.95 Å². The van der Waals surface area contributed by atoms with Crippen molar-refractivity contribution < 1.29 is 0 Å². The first-order valence-corrected chi connectivity index (χ1v) is 9.26. The predicted molar refractivity (Wildman–Crippen MR) is 109 cm³/mol. The third-order valence-electron chi connectivity index (χ3n) is 4.95. The molecule has 3 heterocycles. The van der Waals surface area contributed by atoms with E-state index in [9.17, 15) is 9.59 Å². The molecule has 0 aliphatic carbocycles. The van der Waals surface area contributed by atoms with E-state index >= 15 is 0 Å². The first-order valence-electron chi connectivity index (χ1n) is 9.26. The number of anilines is 1. The van der Waals surface area contributed by atoms with Crippen molar-refractivity contribution in [3.63, 3.8) is 0 Å². The average molecular weight is 378 g/mol. The van der Waals surface area contributed by atoms with Crippen LogP contribution in [0.15, 0.2) is 39.9 Å². The molecule has 8 heteroatoms. The molecule has 0 spiro atoms. The van der Waals surface area contributed by atoms with E-state index in [0.29, 0.717) is 29.3 Å². The Bertz CT molecular complexity index is 1190. The van der Waals surface area contributed by atoms with Gasteiger partial charge in [-0.25, -0.2) is 9.36 Å². The molecule has 1 saturated heterocycles. The summed E-state index contributed by atoms with van der Waals surface area (Å²) in [5.41, 5.74) is 0.653. The summed E-state index contributed by atoms with van der Waals surface area (Å²) in [4.78, 5) is 32.9. The number of nitrogens with zero attached hydrogens (tertiary/aromatic N) is 5. The van der Waals surface area contributed by atoms with Crippen LogP contribution in [0.25, 0.3) is 16.9 Å². The van der Waals surface area contributed by atoms with E-state index in [1.54, 1.807) is 6.92 Å². The molecule has 1 fully saturated rings. The number of hydrogen-bond donors (Lipinski definition) is 1. The van der Waals surface area contributed by atoms with Crippen molar-refractivity contribution in [1.29, 1.82) is 0 Å². The van der Waals surface area contributed by atoms with Crippen molar-refractivity contribution in [3.8, 4) is 17.5 Å². The number of imidazole rings is 1. The Kier molecular flexibility index (Phi) is 4.75. The van der Waals surface area contributed by atoms with Crippen LogP contribution in [0.1, 0.15) is 6.92 Å². The topological polar surface area (TPSA) is 77.1 Å². The van der Waals surface area contributed by atoms with Crippen molar-refractivity contribution in [3.05, 3.63) is 51.2 Å². The fourth-order valence-electron chi connectivity index (χ4n) is 3.51. The van der Waals surface area contributed by atoms with Gasteiger partial charge in [0.05, 0.1) is 12.2 Å². The molecule has 0 atom stereocenters. The molecule has 1 aromatic carbocycles. The van der Waals surface area contributed by atoms with Gasteiger partial charge in [0, 0.05) is 33.2 Å². The van der Waals surface area contributed by atoms with E-state index in [4.69, 9.17) is 4.98 Å². The third kappa shape index (κ3) is 2.90. The highest BCUT2D eigenvalue weighted by Crippen LogP contribution is 2.22. The lowest BCUT2D eigenvalue weighted by Crippen LogP contribution is -2.44. The van der Waals surface area contributed by atoms with Crippen molar-refractivity contribution in [1.82, 2.24) is 24.0 Å². The Morgan fingerprint density at radius 1 is 1.14 bits per heavy atom. The first kappa shape index (κ1) is 18.1. The number of rotatable bonds is 3. The summed E-state index contributed by atoms with van der Waals surface area (Å²) in [6.45, 7) is 5.34. The maximum Gasteiger partial charge on any atom is 0.337 e. The van der Waals surface area contributed by atoms with Crippen LogP contribution in [0.5, 0.6) is 0 Å². The van der Waals surface area contributed by atoms with Gasteiger partial charge in [0.1, 0.15) is 0 Å². The summed E-state index contributed by atoms with van der Waals surface area (Å²) in [6.07, 6.45) is 0. The van der Waals surface area contributed by atoms with Crippen LogP contribution < -0.4 is 21.5 Å². The van der Waals surface area contributed by atoms with E-state index in [0.717, 1.165) is 30.7 Å². The SMILES string of the molecule is CC#CCn1c(N2CCNCC2)nc2c1c(=O)n(C)c(=O)n2-c1ccccc1. The fraction of sp³-hybridized carbons (Fsp3) is 0.350. The highest BCUT2D eigenvalue weighted by atomic mass is 16.2. The molecule has 0 saturated carbocycles. The number of benzene rings is 1. The van der Waals surface area contributed by atoms with Crippen LogP contribution in [-0.4, -0.2) is 44.9 Å². The fourth-order valence-corrected chi connectivity index (χ4v) is 3.51. The average Bonchev–Trinajstić information content (AvgIpc) is 3.11. The van der Waals surface area contributed by atoms with Crippen molar-refractivity contribution in [2.75, 3.05) is 31.1 Å². The maximum atomic E-state index is 13.0. The summed E-state index contributed by atoms with van der Waals surface area (Å²) in [6, 6.07) is 9.27. The van der Waals surface area contributed by atoms with Gasteiger partial charge in [0.25, 0.3) is 5.56 Å². The molecule has 1 N–H and O–H groups in total. The van der Waals surface area contributed by atoms with Gasteiger partial charge in [0.2, 0.25) is 5.95 Å². The summed E-state index contributed by atoms with van der Waals surface area (Å²) in [5, 5.41) is 3.32. The minimum Gasteiger partial charge on any atom is -0.340 e. The summed E-state index contributed by atoms with van der Waals surface area (Å²) in [5.74, 6) is 6.60. The van der Waals surface area contributed by atoms with Crippen molar-refractivity contribution in [2.45, 2.75) is 13.5 Å². The van der Waals surface area contributed by atoms with E-state index in [1.165, 1.54) is 11.6 Å². The van der Waals surface area contributed by atoms with Gasteiger partial charge in [-0.3, -0.25) is 13.9 Å². The zero-order valence-electron chi connectivity index (χ0n) is 16.0. The molecule has 1 aliphatic heterocycles.